The summed E-state index contributed by atoms with van der Waals surface area (Å²) in [5.74, 6) is 0.994. The first-order valence-electron chi connectivity index (χ1n) is 8.75. The molecule has 1 heterocycles. The van der Waals surface area contributed by atoms with E-state index in [0.717, 1.165) is 22.6 Å². The smallest absolute Gasteiger partial charge is 0.230 e. The molecule has 0 unspecified atom stereocenters. The van der Waals surface area contributed by atoms with Crippen molar-refractivity contribution in [1.29, 1.82) is 0 Å². The molecule has 0 spiro atoms. The SMILES string of the molecule is CN(C)c1ccc(-c2nnc(SCC(=O)NCc3ccc(Cl)cc3)n2C)cc1. The molecule has 0 fully saturated rings. The molecule has 6 nitrogen and oxygen atoms in total. The number of nitrogens with zero attached hydrogens (tertiary/aromatic N) is 4. The second kappa shape index (κ2) is 9.12. The van der Waals surface area contributed by atoms with E-state index in [1.165, 1.54) is 11.8 Å². The minimum Gasteiger partial charge on any atom is -0.378 e. The van der Waals surface area contributed by atoms with Crippen LogP contribution >= 0.6 is 23.4 Å². The molecule has 0 saturated carbocycles. The number of hydrogen-bond acceptors (Lipinski definition) is 5. The zero-order chi connectivity index (χ0) is 20.1. The Balaban J connectivity index is 1.56. The Hall–Kier alpha value is -2.51. The van der Waals surface area contributed by atoms with Gasteiger partial charge in [0.1, 0.15) is 0 Å². The number of amides is 1. The molecule has 146 valence electrons. The van der Waals surface area contributed by atoms with E-state index in [2.05, 4.69) is 15.5 Å². The summed E-state index contributed by atoms with van der Waals surface area (Å²) in [5.41, 5.74) is 3.11. The quantitative estimate of drug-likeness (QED) is 0.597. The van der Waals surface area contributed by atoms with Crippen LogP contribution in [-0.4, -0.2) is 40.5 Å². The van der Waals surface area contributed by atoms with E-state index in [1.54, 1.807) is 0 Å². The normalized spacial score (nSPS) is 10.7. The van der Waals surface area contributed by atoms with E-state index in [4.69, 9.17) is 11.6 Å². The van der Waals surface area contributed by atoms with Crippen molar-refractivity contribution in [3.63, 3.8) is 0 Å². The third kappa shape index (κ3) is 5.05. The minimum absolute atomic E-state index is 0.0557. The number of nitrogens with one attached hydrogen (secondary N) is 1. The fourth-order valence-corrected chi connectivity index (χ4v) is 3.45. The minimum atomic E-state index is -0.0557. The molecular weight excluding hydrogens is 394 g/mol. The van der Waals surface area contributed by atoms with Crippen LogP contribution in [0, 0.1) is 0 Å². The Bertz CT molecular complexity index is 938. The zero-order valence-electron chi connectivity index (χ0n) is 16.0. The summed E-state index contributed by atoms with van der Waals surface area (Å²) in [6.07, 6.45) is 0. The van der Waals surface area contributed by atoms with Crippen molar-refractivity contribution in [1.82, 2.24) is 20.1 Å². The van der Waals surface area contributed by atoms with Crippen molar-refractivity contribution in [3.05, 3.63) is 59.1 Å². The third-order valence-corrected chi connectivity index (χ3v) is 5.48. The lowest BCUT2D eigenvalue weighted by atomic mass is 10.2. The van der Waals surface area contributed by atoms with E-state index in [9.17, 15) is 4.79 Å². The molecule has 0 aliphatic rings. The second-order valence-corrected chi connectivity index (χ2v) is 7.88. The van der Waals surface area contributed by atoms with Gasteiger partial charge in [-0.1, -0.05) is 35.5 Å². The molecule has 1 N–H and O–H groups in total. The molecule has 2 aromatic carbocycles. The summed E-state index contributed by atoms with van der Waals surface area (Å²) < 4.78 is 1.90. The number of aromatic nitrogens is 3. The Morgan fingerprint density at radius 1 is 1.11 bits per heavy atom. The molecule has 8 heteroatoms. The van der Waals surface area contributed by atoms with E-state index < -0.39 is 0 Å². The predicted octanol–water partition coefficient (Wildman–Crippen LogP) is 3.61. The lowest BCUT2D eigenvalue weighted by Crippen LogP contribution is -2.24. The lowest BCUT2D eigenvalue weighted by molar-refractivity contribution is -0.118. The van der Waals surface area contributed by atoms with E-state index in [1.807, 2.05) is 79.1 Å². The highest BCUT2D eigenvalue weighted by atomic mass is 35.5. The van der Waals surface area contributed by atoms with Crippen molar-refractivity contribution >= 4 is 35.0 Å². The predicted molar refractivity (Wildman–Crippen MR) is 115 cm³/mol. The third-order valence-electron chi connectivity index (χ3n) is 4.21. The van der Waals surface area contributed by atoms with Crippen molar-refractivity contribution in [2.24, 2.45) is 7.05 Å². The molecule has 0 radical (unpaired) electrons. The maximum absolute atomic E-state index is 12.1. The van der Waals surface area contributed by atoms with Crippen LogP contribution < -0.4 is 10.2 Å². The number of hydrogen-bond donors (Lipinski definition) is 1. The van der Waals surface area contributed by atoms with Crippen LogP contribution in [0.2, 0.25) is 5.02 Å². The molecule has 1 amide bonds. The molecule has 0 aliphatic heterocycles. The fourth-order valence-electron chi connectivity index (χ4n) is 2.58. The molecule has 1 aromatic heterocycles. The van der Waals surface area contributed by atoms with Gasteiger partial charge in [-0.15, -0.1) is 10.2 Å². The van der Waals surface area contributed by atoms with Crippen LogP contribution in [0.25, 0.3) is 11.4 Å². The van der Waals surface area contributed by atoms with Gasteiger partial charge in [-0.2, -0.15) is 0 Å². The van der Waals surface area contributed by atoms with Crippen LogP contribution in [0.1, 0.15) is 5.56 Å². The van der Waals surface area contributed by atoms with Gasteiger partial charge in [0.05, 0.1) is 5.75 Å². The van der Waals surface area contributed by atoms with E-state index in [-0.39, 0.29) is 11.7 Å². The Morgan fingerprint density at radius 3 is 2.43 bits per heavy atom. The summed E-state index contributed by atoms with van der Waals surface area (Å²) >= 11 is 7.23. The molecule has 28 heavy (non-hydrogen) atoms. The van der Waals surface area contributed by atoms with Gasteiger partial charge >= 0.3 is 0 Å². The molecule has 0 saturated heterocycles. The number of rotatable bonds is 7. The number of benzene rings is 2. The van der Waals surface area contributed by atoms with Gasteiger partial charge in [0.25, 0.3) is 0 Å². The largest absolute Gasteiger partial charge is 0.378 e. The van der Waals surface area contributed by atoms with Gasteiger partial charge in [-0.3, -0.25) is 4.79 Å². The van der Waals surface area contributed by atoms with E-state index >= 15 is 0 Å². The van der Waals surface area contributed by atoms with Crippen LogP contribution in [0.3, 0.4) is 0 Å². The summed E-state index contributed by atoms with van der Waals surface area (Å²) in [6.45, 7) is 0.471. The first kappa shape index (κ1) is 20.2. The molecule has 3 rings (SSSR count). The zero-order valence-corrected chi connectivity index (χ0v) is 17.6. The molecule has 3 aromatic rings. The number of carbonyl (C=O) groups excluding carboxylic acids is 1. The van der Waals surface area contributed by atoms with Crippen LogP contribution in [0.4, 0.5) is 5.69 Å². The first-order chi connectivity index (χ1) is 13.4. The number of carbonyl (C=O) groups is 1. The van der Waals surface area contributed by atoms with Crippen LogP contribution in [0.5, 0.6) is 0 Å². The van der Waals surface area contributed by atoms with Gasteiger partial charge in [-0.05, 0) is 42.0 Å². The monoisotopic (exact) mass is 415 g/mol. The standard InChI is InChI=1S/C20H22ClN5OS/c1-25(2)17-10-6-15(7-11-17)19-23-24-20(26(19)3)28-13-18(27)22-12-14-4-8-16(21)9-5-14/h4-11H,12-13H2,1-3H3,(H,22,27). The van der Waals surface area contributed by atoms with Gasteiger partial charge in [-0.25, -0.2) is 0 Å². The van der Waals surface area contributed by atoms with Crippen molar-refractivity contribution in [2.45, 2.75) is 11.7 Å². The van der Waals surface area contributed by atoms with Gasteiger partial charge in [0.15, 0.2) is 11.0 Å². The average molecular weight is 416 g/mol. The second-order valence-electron chi connectivity index (χ2n) is 6.50. The fraction of sp³-hybridized carbons (Fsp3) is 0.250. The van der Waals surface area contributed by atoms with Gasteiger partial charge in [0, 0.05) is 44.0 Å². The molecule has 0 bridgehead atoms. The number of halogens is 1. The molecule has 0 atom stereocenters. The Kier molecular flexibility index (Phi) is 6.59. The molecular formula is C20H22ClN5OS. The van der Waals surface area contributed by atoms with E-state index in [0.29, 0.717) is 16.7 Å². The average Bonchev–Trinajstić information content (AvgIpc) is 3.06. The maximum atomic E-state index is 12.1. The highest BCUT2D eigenvalue weighted by Gasteiger charge is 2.13. The Morgan fingerprint density at radius 2 is 1.79 bits per heavy atom. The van der Waals surface area contributed by atoms with Gasteiger partial charge in [0.2, 0.25) is 5.91 Å². The number of anilines is 1. The summed E-state index contributed by atoms with van der Waals surface area (Å²) in [7, 11) is 5.91. The summed E-state index contributed by atoms with van der Waals surface area (Å²) in [4.78, 5) is 14.2. The van der Waals surface area contributed by atoms with Gasteiger partial charge < -0.3 is 14.8 Å². The van der Waals surface area contributed by atoms with Crippen molar-refractivity contribution in [3.8, 4) is 11.4 Å². The lowest BCUT2D eigenvalue weighted by Gasteiger charge is -2.12. The summed E-state index contributed by atoms with van der Waals surface area (Å²) in [5, 5.41) is 12.8. The topological polar surface area (TPSA) is 63.1 Å². The summed E-state index contributed by atoms with van der Waals surface area (Å²) in [6, 6.07) is 15.5. The van der Waals surface area contributed by atoms with Crippen molar-refractivity contribution in [2.75, 3.05) is 24.7 Å². The molecule has 0 aliphatic carbocycles. The maximum Gasteiger partial charge on any atom is 0.230 e. The van der Waals surface area contributed by atoms with Crippen molar-refractivity contribution < 1.29 is 4.79 Å². The highest BCUT2D eigenvalue weighted by Crippen LogP contribution is 2.24. The Labute approximate surface area is 173 Å². The highest BCUT2D eigenvalue weighted by molar-refractivity contribution is 7.99. The first-order valence-corrected chi connectivity index (χ1v) is 10.1. The van der Waals surface area contributed by atoms with Crippen LogP contribution in [0.15, 0.2) is 53.7 Å². The van der Waals surface area contributed by atoms with Crippen LogP contribution in [-0.2, 0) is 18.4 Å². The number of thioether (sulfide) groups is 1.